The normalized spacial score (nSPS) is 12.2. The van der Waals surface area contributed by atoms with Gasteiger partial charge in [-0.2, -0.15) is 5.10 Å². The van der Waals surface area contributed by atoms with Crippen LogP contribution in [-0.2, 0) is 13.0 Å². The monoisotopic (exact) mass is 271 g/mol. The van der Waals surface area contributed by atoms with E-state index < -0.39 is 0 Å². The molecule has 1 N–H and O–H groups in total. The summed E-state index contributed by atoms with van der Waals surface area (Å²) >= 11 is 0. The molecule has 0 bridgehead atoms. The van der Waals surface area contributed by atoms with Gasteiger partial charge in [-0.1, -0.05) is 19.1 Å². The molecule has 0 aliphatic heterocycles. The van der Waals surface area contributed by atoms with Crippen LogP contribution >= 0.6 is 0 Å². The molecule has 2 aromatic rings. The third-order valence-electron chi connectivity index (χ3n) is 3.46. The first-order chi connectivity index (χ1) is 9.65. The Morgan fingerprint density at radius 1 is 1.25 bits per heavy atom. The molecular weight excluding hydrogens is 250 g/mol. The Bertz CT molecular complexity index is 572. The highest BCUT2D eigenvalue weighted by Gasteiger charge is 2.14. The second-order valence-electron chi connectivity index (χ2n) is 4.82. The van der Waals surface area contributed by atoms with Crippen LogP contribution in [0.2, 0.25) is 0 Å². The van der Waals surface area contributed by atoms with Gasteiger partial charge in [0.2, 0.25) is 0 Å². The summed E-state index contributed by atoms with van der Waals surface area (Å²) in [4.78, 5) is 12.2. The Kier molecular flexibility index (Phi) is 4.56. The van der Waals surface area contributed by atoms with E-state index in [0.717, 1.165) is 18.7 Å². The number of hydrogen-bond acceptors (Lipinski definition) is 2. The molecule has 4 nitrogen and oxygen atoms in total. The van der Waals surface area contributed by atoms with Crippen molar-refractivity contribution in [2.24, 2.45) is 0 Å². The maximum absolute atomic E-state index is 12.2. The lowest BCUT2D eigenvalue weighted by molar-refractivity contribution is 0.0938. The zero-order valence-corrected chi connectivity index (χ0v) is 12.3. The minimum absolute atomic E-state index is 0.0518. The van der Waals surface area contributed by atoms with Crippen molar-refractivity contribution in [1.82, 2.24) is 15.1 Å². The van der Waals surface area contributed by atoms with E-state index in [9.17, 15) is 4.79 Å². The van der Waals surface area contributed by atoms with Gasteiger partial charge in [0.05, 0.1) is 11.7 Å². The second-order valence-corrected chi connectivity index (χ2v) is 4.82. The van der Waals surface area contributed by atoms with Crippen LogP contribution in [0.5, 0.6) is 0 Å². The zero-order chi connectivity index (χ0) is 14.5. The van der Waals surface area contributed by atoms with Crippen LogP contribution in [0.15, 0.2) is 36.5 Å². The van der Waals surface area contributed by atoms with E-state index in [1.165, 1.54) is 5.56 Å². The van der Waals surface area contributed by atoms with E-state index in [4.69, 9.17) is 0 Å². The van der Waals surface area contributed by atoms with Gasteiger partial charge in [-0.3, -0.25) is 9.48 Å². The Hall–Kier alpha value is -2.10. The van der Waals surface area contributed by atoms with Crippen molar-refractivity contribution in [3.63, 3.8) is 0 Å². The molecule has 20 heavy (non-hydrogen) atoms. The number of benzene rings is 1. The number of carbonyl (C=O) groups is 1. The second kappa shape index (κ2) is 6.37. The standard InChI is InChI=1S/C16H21N3O/c1-4-13-6-8-14(9-7-13)16(20)18-12(3)15-10-11-17-19(15)5-2/h6-12H,4-5H2,1-3H3,(H,18,20). The highest BCUT2D eigenvalue weighted by molar-refractivity contribution is 5.94. The smallest absolute Gasteiger partial charge is 0.251 e. The fourth-order valence-electron chi connectivity index (χ4n) is 2.22. The molecule has 1 unspecified atom stereocenters. The minimum Gasteiger partial charge on any atom is -0.344 e. The Balaban J connectivity index is 2.06. The lowest BCUT2D eigenvalue weighted by atomic mass is 10.1. The summed E-state index contributed by atoms with van der Waals surface area (Å²) < 4.78 is 1.89. The summed E-state index contributed by atoms with van der Waals surface area (Å²) in [6.45, 7) is 6.91. The molecule has 1 aromatic heterocycles. The topological polar surface area (TPSA) is 46.9 Å². The number of nitrogens with one attached hydrogen (secondary N) is 1. The van der Waals surface area contributed by atoms with Crippen molar-refractivity contribution >= 4 is 5.91 Å². The number of rotatable bonds is 5. The molecule has 0 fully saturated rings. The number of carbonyl (C=O) groups excluding carboxylic acids is 1. The number of amides is 1. The largest absolute Gasteiger partial charge is 0.344 e. The van der Waals surface area contributed by atoms with Crippen LogP contribution in [0.1, 0.15) is 48.4 Å². The maximum Gasteiger partial charge on any atom is 0.251 e. The van der Waals surface area contributed by atoms with Crippen LogP contribution in [-0.4, -0.2) is 15.7 Å². The molecular formula is C16H21N3O. The first-order valence-corrected chi connectivity index (χ1v) is 7.07. The highest BCUT2D eigenvalue weighted by atomic mass is 16.1. The summed E-state index contributed by atoms with van der Waals surface area (Å²) in [5.41, 5.74) is 2.95. The number of hydrogen-bond donors (Lipinski definition) is 1. The van der Waals surface area contributed by atoms with Crippen molar-refractivity contribution < 1.29 is 4.79 Å². The molecule has 0 aliphatic rings. The van der Waals surface area contributed by atoms with E-state index in [-0.39, 0.29) is 11.9 Å². The summed E-state index contributed by atoms with van der Waals surface area (Å²) in [6, 6.07) is 9.62. The van der Waals surface area contributed by atoms with Crippen LogP contribution in [0.3, 0.4) is 0 Å². The van der Waals surface area contributed by atoms with Crippen LogP contribution in [0.4, 0.5) is 0 Å². The molecule has 0 aliphatic carbocycles. The Morgan fingerprint density at radius 3 is 2.55 bits per heavy atom. The lowest BCUT2D eigenvalue weighted by Gasteiger charge is -2.15. The van der Waals surface area contributed by atoms with Gasteiger partial charge < -0.3 is 5.32 Å². The summed E-state index contributed by atoms with van der Waals surface area (Å²) in [5, 5.41) is 7.23. The van der Waals surface area contributed by atoms with E-state index in [2.05, 4.69) is 17.3 Å². The molecule has 0 radical (unpaired) electrons. The fourth-order valence-corrected chi connectivity index (χ4v) is 2.22. The Labute approximate surface area is 119 Å². The van der Waals surface area contributed by atoms with E-state index in [0.29, 0.717) is 5.56 Å². The van der Waals surface area contributed by atoms with Crippen LogP contribution in [0, 0.1) is 0 Å². The van der Waals surface area contributed by atoms with Crippen molar-refractivity contribution in [2.45, 2.75) is 39.8 Å². The van der Waals surface area contributed by atoms with Gasteiger partial charge in [-0.15, -0.1) is 0 Å². The molecule has 106 valence electrons. The van der Waals surface area contributed by atoms with Crippen LogP contribution in [0.25, 0.3) is 0 Å². The maximum atomic E-state index is 12.2. The molecule has 0 saturated carbocycles. The number of nitrogens with zero attached hydrogens (tertiary/aromatic N) is 2. The molecule has 4 heteroatoms. The molecule has 2 rings (SSSR count). The average Bonchev–Trinajstić information content (AvgIpc) is 2.95. The summed E-state index contributed by atoms with van der Waals surface area (Å²) in [7, 11) is 0. The quantitative estimate of drug-likeness (QED) is 0.908. The van der Waals surface area contributed by atoms with E-state index in [1.54, 1.807) is 6.20 Å². The van der Waals surface area contributed by atoms with Crippen molar-refractivity contribution in [1.29, 1.82) is 0 Å². The zero-order valence-electron chi connectivity index (χ0n) is 12.3. The third kappa shape index (κ3) is 3.07. The number of aryl methyl sites for hydroxylation is 2. The van der Waals surface area contributed by atoms with Gasteiger partial charge in [0.25, 0.3) is 5.91 Å². The van der Waals surface area contributed by atoms with E-state index in [1.807, 2.05) is 48.9 Å². The van der Waals surface area contributed by atoms with Crippen molar-refractivity contribution in [2.75, 3.05) is 0 Å². The number of aromatic nitrogens is 2. The SMILES string of the molecule is CCc1ccc(C(=O)NC(C)c2ccnn2CC)cc1. The van der Waals surface area contributed by atoms with E-state index >= 15 is 0 Å². The summed E-state index contributed by atoms with van der Waals surface area (Å²) in [6.07, 6.45) is 2.74. The van der Waals surface area contributed by atoms with Gasteiger partial charge in [-0.05, 0) is 44.0 Å². The van der Waals surface area contributed by atoms with Crippen LogP contribution < -0.4 is 5.32 Å². The molecule has 1 heterocycles. The Morgan fingerprint density at radius 2 is 1.95 bits per heavy atom. The van der Waals surface area contributed by atoms with Gasteiger partial charge >= 0.3 is 0 Å². The van der Waals surface area contributed by atoms with Gasteiger partial charge in [0.1, 0.15) is 0 Å². The highest BCUT2D eigenvalue weighted by Crippen LogP contribution is 2.13. The molecule has 1 amide bonds. The van der Waals surface area contributed by atoms with Gasteiger partial charge in [-0.25, -0.2) is 0 Å². The molecule has 0 spiro atoms. The van der Waals surface area contributed by atoms with Gasteiger partial charge in [0, 0.05) is 18.3 Å². The minimum atomic E-state index is -0.0594. The first kappa shape index (κ1) is 14.3. The predicted molar refractivity (Wildman–Crippen MR) is 79.6 cm³/mol. The lowest BCUT2D eigenvalue weighted by Crippen LogP contribution is -2.28. The fraction of sp³-hybridized carbons (Fsp3) is 0.375. The predicted octanol–water partition coefficient (Wildman–Crippen LogP) is 2.96. The van der Waals surface area contributed by atoms with Crippen molar-refractivity contribution in [3.8, 4) is 0 Å². The molecule has 1 atom stereocenters. The summed E-state index contributed by atoms with van der Waals surface area (Å²) in [5.74, 6) is -0.0518. The van der Waals surface area contributed by atoms with Gasteiger partial charge in [0.15, 0.2) is 0 Å². The molecule has 1 aromatic carbocycles. The molecule has 0 saturated heterocycles. The van der Waals surface area contributed by atoms with Crippen molar-refractivity contribution in [3.05, 3.63) is 53.3 Å². The first-order valence-electron chi connectivity index (χ1n) is 7.07. The third-order valence-corrected chi connectivity index (χ3v) is 3.46. The average molecular weight is 271 g/mol.